The molecule has 0 aliphatic rings. The summed E-state index contributed by atoms with van der Waals surface area (Å²) >= 11 is 0. The number of aliphatic hydroxyl groups is 1. The highest BCUT2D eigenvalue weighted by Gasteiger charge is 2.14. The third-order valence-electron chi connectivity index (χ3n) is 9.43. The van der Waals surface area contributed by atoms with E-state index in [1.807, 2.05) is 0 Å². The summed E-state index contributed by atoms with van der Waals surface area (Å²) in [6.45, 7) is 11.6. The minimum atomic E-state index is -0.327. The van der Waals surface area contributed by atoms with Crippen molar-refractivity contribution >= 4 is 11.9 Å². The minimum absolute atomic E-state index is 0.146. The molecule has 0 aromatic heterocycles. The third kappa shape index (κ3) is 38.1. The lowest BCUT2D eigenvalue weighted by atomic mass is 10.1. The van der Waals surface area contributed by atoms with Gasteiger partial charge >= 0.3 is 11.9 Å². The molecule has 52 heavy (non-hydrogen) atoms. The summed E-state index contributed by atoms with van der Waals surface area (Å²) in [5, 5.41) is 9.51. The highest BCUT2D eigenvalue weighted by atomic mass is 16.7. The van der Waals surface area contributed by atoms with Crippen LogP contribution in [0.2, 0.25) is 0 Å². The zero-order valence-corrected chi connectivity index (χ0v) is 34.4. The molecule has 0 rings (SSSR count). The molecular formula is C44H83NO7. The summed E-state index contributed by atoms with van der Waals surface area (Å²) < 4.78 is 22.9. The highest BCUT2D eigenvalue weighted by molar-refractivity contribution is 5.69. The van der Waals surface area contributed by atoms with E-state index in [9.17, 15) is 14.7 Å². The molecule has 0 unspecified atom stereocenters. The van der Waals surface area contributed by atoms with Crippen LogP contribution in [-0.4, -0.2) is 80.9 Å². The van der Waals surface area contributed by atoms with E-state index >= 15 is 0 Å². The molecule has 0 fully saturated rings. The molecule has 0 aromatic carbocycles. The summed E-state index contributed by atoms with van der Waals surface area (Å²) in [7, 11) is 0. The van der Waals surface area contributed by atoms with Crippen LogP contribution in [-0.2, 0) is 28.5 Å². The van der Waals surface area contributed by atoms with Gasteiger partial charge in [-0.3, -0.25) is 9.59 Å². The first-order valence-electron chi connectivity index (χ1n) is 21.9. The fraction of sp³-hybridized carbons (Fsp3) is 0.909. The Hall–Kier alpha value is -1.66. The Kier molecular flexibility index (Phi) is 40.7. The fourth-order valence-corrected chi connectivity index (χ4v) is 6.10. The Labute approximate surface area is 321 Å². The van der Waals surface area contributed by atoms with Crippen molar-refractivity contribution in [3.63, 3.8) is 0 Å². The first kappa shape index (κ1) is 50.3. The fourth-order valence-electron chi connectivity index (χ4n) is 6.10. The SMILES string of the molecule is CCCCCC#CCOC(=O)CCCCCCCN(CCO)CCCCCCOC(=O)CCC(OCCCCCCCC)OCCCCCCCC. The van der Waals surface area contributed by atoms with E-state index in [4.69, 9.17) is 18.9 Å². The standard InChI is InChI=1S/C44H83NO7/c1-4-7-10-13-20-27-38-49-42(47)31-24-17-16-18-25-34-45(36-37-46)35-26-19-23-28-39-50-43(48)32-33-44(51-40-29-21-14-11-8-5-2)52-41-30-22-15-12-9-6-3/h44,46H,4-19,21-26,28-41H2,1-3H3. The summed E-state index contributed by atoms with van der Waals surface area (Å²) in [5.41, 5.74) is 0. The van der Waals surface area contributed by atoms with Gasteiger partial charge in [-0.2, -0.15) is 0 Å². The Balaban J connectivity index is 4.01. The van der Waals surface area contributed by atoms with Crippen molar-refractivity contribution in [2.24, 2.45) is 0 Å². The maximum Gasteiger partial charge on any atom is 0.306 e. The van der Waals surface area contributed by atoms with Crippen molar-refractivity contribution in [2.45, 2.75) is 207 Å². The van der Waals surface area contributed by atoms with Crippen molar-refractivity contribution in [3.05, 3.63) is 0 Å². The second-order valence-electron chi connectivity index (χ2n) is 14.4. The van der Waals surface area contributed by atoms with E-state index in [1.54, 1.807) is 0 Å². The van der Waals surface area contributed by atoms with Gasteiger partial charge in [0, 0.05) is 39.0 Å². The number of hydrogen-bond acceptors (Lipinski definition) is 8. The van der Waals surface area contributed by atoms with Crippen LogP contribution in [0, 0.1) is 11.8 Å². The number of hydrogen-bond donors (Lipinski definition) is 1. The number of unbranched alkanes of at least 4 members (excludes halogenated alkanes) is 20. The van der Waals surface area contributed by atoms with Crippen LogP contribution in [0.15, 0.2) is 0 Å². The molecule has 1 N–H and O–H groups in total. The zero-order chi connectivity index (χ0) is 38.0. The average molecular weight is 738 g/mol. The molecule has 0 atom stereocenters. The molecular weight excluding hydrogens is 654 g/mol. The molecule has 0 saturated heterocycles. The number of carbonyl (C=O) groups excluding carboxylic acids is 2. The van der Waals surface area contributed by atoms with Gasteiger partial charge < -0.3 is 29.0 Å². The van der Waals surface area contributed by atoms with Crippen molar-refractivity contribution in [1.82, 2.24) is 4.90 Å². The van der Waals surface area contributed by atoms with Gasteiger partial charge in [-0.1, -0.05) is 142 Å². The molecule has 306 valence electrons. The summed E-state index contributed by atoms with van der Waals surface area (Å²) in [4.78, 5) is 26.7. The molecule has 8 nitrogen and oxygen atoms in total. The molecule has 0 aromatic rings. The Bertz CT molecular complexity index is 809. The second-order valence-corrected chi connectivity index (χ2v) is 14.4. The van der Waals surface area contributed by atoms with Crippen LogP contribution >= 0.6 is 0 Å². The smallest absolute Gasteiger partial charge is 0.306 e. The minimum Gasteiger partial charge on any atom is -0.466 e. The molecule has 8 heteroatoms. The lowest BCUT2D eigenvalue weighted by Crippen LogP contribution is -2.29. The van der Waals surface area contributed by atoms with Crippen molar-refractivity contribution < 1.29 is 33.6 Å². The van der Waals surface area contributed by atoms with Gasteiger partial charge in [-0.25, -0.2) is 0 Å². The largest absolute Gasteiger partial charge is 0.466 e. The molecule has 0 spiro atoms. The molecule has 0 radical (unpaired) electrons. The van der Waals surface area contributed by atoms with E-state index < -0.39 is 0 Å². The van der Waals surface area contributed by atoms with Gasteiger partial charge in [0.15, 0.2) is 12.9 Å². The van der Waals surface area contributed by atoms with E-state index in [2.05, 4.69) is 37.5 Å². The van der Waals surface area contributed by atoms with Gasteiger partial charge in [0.25, 0.3) is 0 Å². The number of carbonyl (C=O) groups is 2. The quantitative estimate of drug-likeness (QED) is 0.0287. The van der Waals surface area contributed by atoms with E-state index in [1.165, 1.54) is 77.0 Å². The van der Waals surface area contributed by atoms with E-state index in [-0.39, 0.29) is 31.4 Å². The number of nitrogens with zero attached hydrogens (tertiary/aromatic N) is 1. The van der Waals surface area contributed by atoms with Crippen molar-refractivity contribution in [3.8, 4) is 11.8 Å². The summed E-state index contributed by atoms with van der Waals surface area (Å²) in [5.74, 6) is 5.69. The van der Waals surface area contributed by atoms with E-state index in [0.29, 0.717) is 45.6 Å². The molecule has 0 heterocycles. The predicted molar refractivity (Wildman–Crippen MR) is 215 cm³/mol. The van der Waals surface area contributed by atoms with Crippen molar-refractivity contribution in [2.75, 3.05) is 52.7 Å². The van der Waals surface area contributed by atoms with Crippen LogP contribution in [0.25, 0.3) is 0 Å². The van der Waals surface area contributed by atoms with Gasteiger partial charge in [-0.15, -0.1) is 0 Å². The maximum absolute atomic E-state index is 12.5. The third-order valence-corrected chi connectivity index (χ3v) is 9.43. The number of esters is 2. The Morgan fingerprint density at radius 2 is 1.00 bits per heavy atom. The van der Waals surface area contributed by atoms with Gasteiger partial charge in [0.1, 0.15) is 0 Å². The van der Waals surface area contributed by atoms with E-state index in [0.717, 1.165) is 96.6 Å². The van der Waals surface area contributed by atoms with Crippen LogP contribution in [0.4, 0.5) is 0 Å². The first-order valence-corrected chi connectivity index (χ1v) is 21.9. The zero-order valence-electron chi connectivity index (χ0n) is 34.4. The Morgan fingerprint density at radius 3 is 1.58 bits per heavy atom. The number of aliphatic hydroxyl groups excluding tert-OH is 1. The van der Waals surface area contributed by atoms with Crippen LogP contribution in [0.3, 0.4) is 0 Å². The summed E-state index contributed by atoms with van der Waals surface area (Å²) in [6, 6.07) is 0. The second kappa shape index (κ2) is 42.1. The lowest BCUT2D eigenvalue weighted by molar-refractivity contribution is -0.159. The van der Waals surface area contributed by atoms with Gasteiger partial charge in [0.2, 0.25) is 0 Å². The van der Waals surface area contributed by atoms with Gasteiger partial charge in [0.05, 0.1) is 19.6 Å². The number of ether oxygens (including phenoxy) is 4. The molecule has 0 saturated carbocycles. The predicted octanol–water partition coefficient (Wildman–Crippen LogP) is 10.7. The average Bonchev–Trinajstić information content (AvgIpc) is 3.14. The monoisotopic (exact) mass is 738 g/mol. The Morgan fingerprint density at radius 1 is 0.519 bits per heavy atom. The summed E-state index contributed by atoms with van der Waals surface area (Å²) in [6.07, 6.45) is 29.4. The molecule has 0 aliphatic heterocycles. The number of rotatable bonds is 40. The van der Waals surface area contributed by atoms with Crippen LogP contribution in [0.5, 0.6) is 0 Å². The van der Waals surface area contributed by atoms with Crippen LogP contribution < -0.4 is 0 Å². The molecule has 0 amide bonds. The van der Waals surface area contributed by atoms with Crippen molar-refractivity contribution in [1.29, 1.82) is 0 Å². The maximum atomic E-state index is 12.5. The molecule has 0 aliphatic carbocycles. The topological polar surface area (TPSA) is 94.5 Å². The highest BCUT2D eigenvalue weighted by Crippen LogP contribution is 2.13. The molecule has 0 bridgehead atoms. The van der Waals surface area contributed by atoms with Gasteiger partial charge in [-0.05, 0) is 58.0 Å². The van der Waals surface area contributed by atoms with Crippen LogP contribution in [0.1, 0.15) is 201 Å². The lowest BCUT2D eigenvalue weighted by Gasteiger charge is -2.21. The normalized spacial score (nSPS) is 11.3. The first-order chi connectivity index (χ1) is 25.6.